The number of likely N-dealkylation sites (N-methyl/N-ethyl adjacent to an activating group) is 1. The zero-order valence-corrected chi connectivity index (χ0v) is 12.7. The highest BCUT2D eigenvalue weighted by Gasteiger charge is 2.11. The Kier molecular flexibility index (Phi) is 5.03. The molecule has 0 aliphatic rings. The van der Waals surface area contributed by atoms with E-state index in [0.29, 0.717) is 22.7 Å². The summed E-state index contributed by atoms with van der Waals surface area (Å²) in [6, 6.07) is 5.19. The lowest BCUT2D eigenvalue weighted by molar-refractivity contribution is -0.121. The van der Waals surface area contributed by atoms with E-state index < -0.39 is 5.76 Å². The first kappa shape index (κ1) is 15.6. The second kappa shape index (κ2) is 6.78. The summed E-state index contributed by atoms with van der Waals surface area (Å²) in [6.45, 7) is 2.79. The van der Waals surface area contributed by atoms with Gasteiger partial charge in [-0.1, -0.05) is 11.6 Å². The zero-order chi connectivity index (χ0) is 15.4. The van der Waals surface area contributed by atoms with Crippen LogP contribution in [0.25, 0.3) is 11.1 Å². The fourth-order valence-corrected chi connectivity index (χ4v) is 2.08. The lowest BCUT2D eigenvalue weighted by atomic mass is 10.3. The number of aromatic nitrogens is 1. The molecule has 0 bridgehead atoms. The molecule has 1 aromatic heterocycles. The number of nitrogens with one attached hydrogen (secondary N) is 2. The predicted octanol–water partition coefficient (Wildman–Crippen LogP) is 1.36. The highest BCUT2D eigenvalue weighted by molar-refractivity contribution is 6.31. The van der Waals surface area contributed by atoms with Gasteiger partial charge in [-0.3, -0.25) is 9.36 Å². The third-order valence-corrected chi connectivity index (χ3v) is 3.53. The fraction of sp³-hybridized carbons (Fsp3) is 0.429. The number of fused-ring (bicyclic) bond motifs is 1. The van der Waals surface area contributed by atoms with Gasteiger partial charge in [0.15, 0.2) is 5.58 Å². The van der Waals surface area contributed by atoms with E-state index in [9.17, 15) is 9.59 Å². The van der Waals surface area contributed by atoms with Crippen LogP contribution in [0.1, 0.15) is 13.3 Å². The van der Waals surface area contributed by atoms with Crippen LogP contribution >= 0.6 is 11.6 Å². The highest BCUT2D eigenvalue weighted by Crippen LogP contribution is 2.18. The molecule has 0 radical (unpaired) electrons. The Morgan fingerprint density at radius 3 is 2.95 bits per heavy atom. The van der Waals surface area contributed by atoms with Crippen LogP contribution in [-0.4, -0.2) is 30.1 Å². The molecule has 1 unspecified atom stereocenters. The molecular weight excluding hydrogens is 294 g/mol. The summed E-state index contributed by atoms with van der Waals surface area (Å²) in [5, 5.41) is 6.34. The second-order valence-electron chi connectivity index (χ2n) is 4.88. The van der Waals surface area contributed by atoms with Crippen molar-refractivity contribution in [2.24, 2.45) is 0 Å². The topological polar surface area (TPSA) is 76.3 Å². The normalized spacial score (nSPS) is 12.5. The molecular formula is C14H18ClN3O3. The summed E-state index contributed by atoms with van der Waals surface area (Å²) in [4.78, 5) is 23.5. The molecule has 2 aromatic rings. The summed E-state index contributed by atoms with van der Waals surface area (Å²) < 4.78 is 6.55. The molecule has 0 aliphatic carbocycles. The van der Waals surface area contributed by atoms with Gasteiger partial charge >= 0.3 is 5.76 Å². The number of rotatable bonds is 6. The highest BCUT2D eigenvalue weighted by atomic mass is 35.5. The number of nitrogens with zero attached hydrogens (tertiary/aromatic N) is 1. The lowest BCUT2D eigenvalue weighted by Crippen LogP contribution is -2.37. The van der Waals surface area contributed by atoms with E-state index >= 15 is 0 Å². The van der Waals surface area contributed by atoms with Crippen molar-refractivity contribution in [3.63, 3.8) is 0 Å². The Morgan fingerprint density at radius 1 is 1.48 bits per heavy atom. The quantitative estimate of drug-likeness (QED) is 0.844. The predicted molar refractivity (Wildman–Crippen MR) is 81.6 cm³/mol. The molecule has 21 heavy (non-hydrogen) atoms. The fourth-order valence-electron chi connectivity index (χ4n) is 1.92. The number of hydrogen-bond acceptors (Lipinski definition) is 4. The molecule has 0 saturated carbocycles. The Balaban J connectivity index is 2.02. The van der Waals surface area contributed by atoms with E-state index in [4.69, 9.17) is 16.0 Å². The molecule has 2 rings (SSSR count). The van der Waals surface area contributed by atoms with Crippen molar-refractivity contribution in [3.8, 4) is 0 Å². The van der Waals surface area contributed by atoms with E-state index in [2.05, 4.69) is 10.6 Å². The molecule has 1 atom stereocenters. The van der Waals surface area contributed by atoms with Gasteiger partial charge in [-0.15, -0.1) is 0 Å². The Labute approximate surface area is 127 Å². The molecule has 7 heteroatoms. The van der Waals surface area contributed by atoms with Crippen molar-refractivity contribution in [1.29, 1.82) is 0 Å². The Morgan fingerprint density at radius 2 is 2.24 bits per heavy atom. The van der Waals surface area contributed by atoms with Crippen molar-refractivity contribution in [3.05, 3.63) is 33.8 Å². The first-order chi connectivity index (χ1) is 10.0. The number of halogens is 1. The lowest BCUT2D eigenvalue weighted by Gasteiger charge is -2.11. The van der Waals surface area contributed by atoms with E-state index in [1.807, 2.05) is 14.0 Å². The number of carbonyl (C=O) groups excluding carboxylic acids is 1. The second-order valence-corrected chi connectivity index (χ2v) is 5.31. The van der Waals surface area contributed by atoms with Gasteiger partial charge in [0.2, 0.25) is 5.91 Å². The zero-order valence-electron chi connectivity index (χ0n) is 12.0. The number of amides is 1. The number of carbonyl (C=O) groups is 1. The van der Waals surface area contributed by atoms with E-state index in [0.717, 1.165) is 0 Å². The summed E-state index contributed by atoms with van der Waals surface area (Å²) in [5.74, 6) is -0.587. The summed E-state index contributed by atoms with van der Waals surface area (Å²) in [6.07, 6.45) is 0.216. The maximum Gasteiger partial charge on any atom is 0.419 e. The van der Waals surface area contributed by atoms with Gasteiger partial charge in [0, 0.05) is 36.6 Å². The standard InChI is InChI=1S/C14H18ClN3O3/c1-9(16-2)8-17-13(19)5-6-18-11-4-3-10(15)7-12(11)21-14(18)20/h3-4,7,9,16H,5-6,8H2,1-2H3,(H,17,19). The first-order valence-electron chi connectivity index (χ1n) is 6.74. The number of hydrogen-bond donors (Lipinski definition) is 2. The molecule has 0 aliphatic heterocycles. The molecule has 0 spiro atoms. The van der Waals surface area contributed by atoms with Crippen LogP contribution in [0.2, 0.25) is 5.02 Å². The smallest absolute Gasteiger partial charge is 0.408 e. The van der Waals surface area contributed by atoms with Gasteiger partial charge in [0.1, 0.15) is 0 Å². The van der Waals surface area contributed by atoms with Gasteiger partial charge in [-0.25, -0.2) is 4.79 Å². The van der Waals surface area contributed by atoms with E-state index in [1.54, 1.807) is 18.2 Å². The van der Waals surface area contributed by atoms with Gasteiger partial charge in [-0.05, 0) is 26.1 Å². The first-order valence-corrected chi connectivity index (χ1v) is 7.12. The average Bonchev–Trinajstić information content (AvgIpc) is 2.76. The van der Waals surface area contributed by atoms with Crippen molar-refractivity contribution in [1.82, 2.24) is 15.2 Å². The maximum atomic E-state index is 11.8. The van der Waals surface area contributed by atoms with E-state index in [-0.39, 0.29) is 24.9 Å². The van der Waals surface area contributed by atoms with Gasteiger partial charge < -0.3 is 15.1 Å². The van der Waals surface area contributed by atoms with Crippen molar-refractivity contribution in [2.75, 3.05) is 13.6 Å². The van der Waals surface area contributed by atoms with Crippen LogP contribution < -0.4 is 16.4 Å². The van der Waals surface area contributed by atoms with Crippen LogP contribution in [0, 0.1) is 0 Å². The minimum Gasteiger partial charge on any atom is -0.408 e. The van der Waals surface area contributed by atoms with Crippen LogP contribution in [0.4, 0.5) is 0 Å². The van der Waals surface area contributed by atoms with Gasteiger partial charge in [0.05, 0.1) is 5.52 Å². The molecule has 1 heterocycles. The monoisotopic (exact) mass is 311 g/mol. The van der Waals surface area contributed by atoms with Crippen molar-refractivity contribution >= 4 is 28.6 Å². The molecule has 0 fully saturated rings. The summed E-state index contributed by atoms with van der Waals surface area (Å²) in [5.41, 5.74) is 1.07. The van der Waals surface area contributed by atoms with Crippen molar-refractivity contribution < 1.29 is 9.21 Å². The third-order valence-electron chi connectivity index (χ3n) is 3.29. The van der Waals surface area contributed by atoms with Crippen LogP contribution in [-0.2, 0) is 11.3 Å². The molecule has 1 aromatic carbocycles. The van der Waals surface area contributed by atoms with Gasteiger partial charge in [0.25, 0.3) is 0 Å². The molecule has 6 nitrogen and oxygen atoms in total. The van der Waals surface area contributed by atoms with Crippen LogP contribution in [0.5, 0.6) is 0 Å². The minimum absolute atomic E-state index is 0.104. The molecule has 0 saturated heterocycles. The summed E-state index contributed by atoms with van der Waals surface area (Å²) >= 11 is 5.85. The maximum absolute atomic E-state index is 11.8. The Bertz CT molecular complexity index is 692. The molecule has 114 valence electrons. The van der Waals surface area contributed by atoms with Crippen molar-refractivity contribution in [2.45, 2.75) is 25.9 Å². The van der Waals surface area contributed by atoms with E-state index in [1.165, 1.54) is 4.57 Å². The average molecular weight is 312 g/mol. The molecule has 2 N–H and O–H groups in total. The third kappa shape index (κ3) is 3.86. The molecule has 1 amide bonds. The largest absolute Gasteiger partial charge is 0.419 e. The van der Waals surface area contributed by atoms with Gasteiger partial charge in [-0.2, -0.15) is 0 Å². The minimum atomic E-state index is -0.483. The summed E-state index contributed by atoms with van der Waals surface area (Å²) in [7, 11) is 1.83. The number of benzene rings is 1. The number of aryl methyl sites for hydroxylation is 1. The van der Waals surface area contributed by atoms with Crippen LogP contribution in [0.15, 0.2) is 27.4 Å². The number of oxazole rings is 1. The Hall–Kier alpha value is -1.79. The SMILES string of the molecule is CNC(C)CNC(=O)CCn1c(=O)oc2cc(Cl)ccc21. The van der Waals surface area contributed by atoms with Crippen LogP contribution in [0.3, 0.4) is 0 Å².